The van der Waals surface area contributed by atoms with E-state index in [1.165, 1.54) is 57.8 Å². The van der Waals surface area contributed by atoms with E-state index in [-0.39, 0.29) is 43.4 Å². The van der Waals surface area contributed by atoms with Crippen LogP contribution in [0.4, 0.5) is 0 Å². The first-order valence-electron chi connectivity index (χ1n) is 13.0. The zero-order valence-electron chi connectivity index (χ0n) is 20.8. The summed E-state index contributed by atoms with van der Waals surface area (Å²) >= 11 is 0. The van der Waals surface area contributed by atoms with E-state index >= 15 is 0 Å². The number of quaternary nitrogens is 1. The summed E-state index contributed by atoms with van der Waals surface area (Å²) in [5, 5.41) is 27.3. The lowest BCUT2D eigenvalue weighted by atomic mass is 10.1. The van der Waals surface area contributed by atoms with Crippen molar-refractivity contribution in [1.29, 1.82) is 0 Å². The smallest absolute Gasteiger partial charge is 0.309 e. The monoisotopic (exact) mass is 470 g/mol. The molecular formula is C26H48NO6+. The third-order valence-corrected chi connectivity index (χ3v) is 6.29. The Hall–Kier alpha value is -1.89. The SMILES string of the molecule is CCCCCCCCCCC/C=C/CCCC[N+](CCC(=O)O)(CCC(=O)O)CCC(=O)O. The second-order valence-corrected chi connectivity index (χ2v) is 9.25. The Morgan fingerprint density at radius 1 is 0.545 bits per heavy atom. The van der Waals surface area contributed by atoms with E-state index in [4.69, 9.17) is 15.3 Å². The number of carbonyl (C=O) groups is 3. The fraction of sp³-hybridized carbons (Fsp3) is 0.808. The van der Waals surface area contributed by atoms with Crippen molar-refractivity contribution in [2.24, 2.45) is 0 Å². The van der Waals surface area contributed by atoms with Crippen molar-refractivity contribution in [3.8, 4) is 0 Å². The van der Waals surface area contributed by atoms with Gasteiger partial charge in [-0.3, -0.25) is 14.4 Å². The summed E-state index contributed by atoms with van der Waals surface area (Å²) in [5.74, 6) is -2.83. The molecule has 0 bridgehead atoms. The molecule has 0 aromatic heterocycles. The average molecular weight is 471 g/mol. The van der Waals surface area contributed by atoms with E-state index in [0.29, 0.717) is 6.54 Å². The molecule has 3 N–H and O–H groups in total. The predicted octanol–water partition coefficient (Wildman–Crippen LogP) is 5.87. The highest BCUT2D eigenvalue weighted by molar-refractivity contribution is 5.67. The molecule has 0 spiro atoms. The van der Waals surface area contributed by atoms with Crippen LogP contribution in [0, 0.1) is 0 Å². The normalized spacial score (nSPS) is 11.8. The van der Waals surface area contributed by atoms with Gasteiger partial charge in [0.25, 0.3) is 0 Å². The minimum atomic E-state index is -0.942. The standard InChI is InChI=1S/C26H47NO6/c1-2-3-4-5-6-7-8-9-10-11-12-13-14-15-16-20-27(21-17-24(28)29,22-18-25(30)31)23-19-26(32)33/h12-13H,2-11,14-23H2,1H3,(H2-,28,29,30,31,32,33)/p+1/b13-12+. The summed E-state index contributed by atoms with van der Waals surface area (Å²) in [7, 11) is 0. The third-order valence-electron chi connectivity index (χ3n) is 6.29. The van der Waals surface area contributed by atoms with Crippen molar-refractivity contribution in [2.75, 3.05) is 26.2 Å². The molecule has 0 saturated carbocycles. The molecule has 0 atom stereocenters. The van der Waals surface area contributed by atoms with Gasteiger partial charge in [0.05, 0.1) is 45.4 Å². The van der Waals surface area contributed by atoms with Gasteiger partial charge in [-0.25, -0.2) is 0 Å². The van der Waals surface area contributed by atoms with Crippen LogP contribution in [0.3, 0.4) is 0 Å². The molecular weight excluding hydrogens is 422 g/mol. The molecule has 192 valence electrons. The number of allylic oxidation sites excluding steroid dienone is 2. The first-order valence-corrected chi connectivity index (χ1v) is 13.0. The molecule has 0 unspecified atom stereocenters. The second kappa shape index (κ2) is 20.7. The van der Waals surface area contributed by atoms with Crippen LogP contribution in [-0.2, 0) is 14.4 Å². The van der Waals surface area contributed by atoms with Gasteiger partial charge in [-0.15, -0.1) is 0 Å². The van der Waals surface area contributed by atoms with Crippen molar-refractivity contribution in [1.82, 2.24) is 0 Å². The summed E-state index contributed by atoms with van der Waals surface area (Å²) in [5.41, 5.74) is 0. The maximum absolute atomic E-state index is 11.1. The van der Waals surface area contributed by atoms with E-state index in [1.807, 2.05) is 0 Å². The molecule has 0 aliphatic heterocycles. The van der Waals surface area contributed by atoms with Gasteiger partial charge < -0.3 is 19.8 Å². The maximum Gasteiger partial charge on any atom is 0.309 e. The lowest BCUT2D eigenvalue weighted by Gasteiger charge is -2.38. The molecule has 7 heteroatoms. The molecule has 0 aliphatic carbocycles. The fourth-order valence-corrected chi connectivity index (χ4v) is 4.19. The Balaban J connectivity index is 4.22. The topological polar surface area (TPSA) is 112 Å². The van der Waals surface area contributed by atoms with Gasteiger partial charge in [0.1, 0.15) is 0 Å². The first-order chi connectivity index (χ1) is 15.8. The summed E-state index contributed by atoms with van der Waals surface area (Å²) in [6, 6.07) is 0. The first kappa shape index (κ1) is 31.1. The number of hydrogen-bond donors (Lipinski definition) is 3. The van der Waals surface area contributed by atoms with Crippen molar-refractivity contribution in [3.63, 3.8) is 0 Å². The van der Waals surface area contributed by atoms with E-state index in [0.717, 1.165) is 25.7 Å². The number of aliphatic carboxylic acids is 3. The molecule has 0 radical (unpaired) electrons. The number of carboxylic acids is 3. The van der Waals surface area contributed by atoms with Crippen LogP contribution in [-0.4, -0.2) is 63.9 Å². The molecule has 33 heavy (non-hydrogen) atoms. The highest BCUT2D eigenvalue weighted by Gasteiger charge is 2.29. The highest BCUT2D eigenvalue weighted by atomic mass is 16.4. The van der Waals surface area contributed by atoms with Gasteiger partial charge in [0, 0.05) is 0 Å². The highest BCUT2D eigenvalue weighted by Crippen LogP contribution is 2.16. The molecule has 7 nitrogen and oxygen atoms in total. The van der Waals surface area contributed by atoms with Gasteiger partial charge in [0.15, 0.2) is 0 Å². The minimum Gasteiger partial charge on any atom is -0.481 e. The maximum atomic E-state index is 11.1. The average Bonchev–Trinajstić information content (AvgIpc) is 2.76. The van der Waals surface area contributed by atoms with Crippen LogP contribution < -0.4 is 0 Å². The Morgan fingerprint density at radius 2 is 0.909 bits per heavy atom. The van der Waals surface area contributed by atoms with Crippen LogP contribution in [0.2, 0.25) is 0 Å². The minimum absolute atomic E-state index is 0.0854. The van der Waals surface area contributed by atoms with Gasteiger partial charge in [0.2, 0.25) is 0 Å². The van der Waals surface area contributed by atoms with Crippen LogP contribution in [0.1, 0.15) is 110 Å². The van der Waals surface area contributed by atoms with Crippen LogP contribution in [0.25, 0.3) is 0 Å². The number of nitrogens with zero attached hydrogens (tertiary/aromatic N) is 1. The fourth-order valence-electron chi connectivity index (χ4n) is 4.19. The molecule has 0 rings (SSSR count). The van der Waals surface area contributed by atoms with Crippen molar-refractivity contribution >= 4 is 17.9 Å². The summed E-state index contributed by atoms with van der Waals surface area (Å²) in [4.78, 5) is 33.3. The van der Waals surface area contributed by atoms with Crippen LogP contribution >= 0.6 is 0 Å². The zero-order valence-corrected chi connectivity index (χ0v) is 20.8. The summed E-state index contributed by atoms with van der Waals surface area (Å²) < 4.78 is 0.243. The third kappa shape index (κ3) is 20.4. The van der Waals surface area contributed by atoms with E-state index in [2.05, 4.69) is 19.1 Å². The van der Waals surface area contributed by atoms with Gasteiger partial charge in [-0.1, -0.05) is 70.4 Å². The quantitative estimate of drug-likeness (QED) is 0.0923. The lowest BCUT2D eigenvalue weighted by molar-refractivity contribution is -0.927. The molecule has 0 fully saturated rings. The van der Waals surface area contributed by atoms with Gasteiger partial charge in [-0.2, -0.15) is 0 Å². The number of unbranched alkanes of at least 4 members (excludes halogenated alkanes) is 11. The van der Waals surface area contributed by atoms with Gasteiger partial charge >= 0.3 is 17.9 Å². The number of hydrogen-bond acceptors (Lipinski definition) is 3. The van der Waals surface area contributed by atoms with E-state index < -0.39 is 17.9 Å². The van der Waals surface area contributed by atoms with E-state index in [1.54, 1.807) is 0 Å². The Bertz CT molecular complexity index is 515. The zero-order chi connectivity index (χ0) is 24.8. The Morgan fingerprint density at radius 3 is 1.30 bits per heavy atom. The number of rotatable bonds is 24. The largest absolute Gasteiger partial charge is 0.481 e. The molecule has 0 aromatic rings. The van der Waals surface area contributed by atoms with Crippen molar-refractivity contribution in [3.05, 3.63) is 12.2 Å². The predicted molar refractivity (Wildman–Crippen MR) is 131 cm³/mol. The molecule has 0 heterocycles. The lowest BCUT2D eigenvalue weighted by Crippen LogP contribution is -2.52. The Kier molecular flexibility index (Phi) is 19.5. The van der Waals surface area contributed by atoms with Crippen LogP contribution in [0.5, 0.6) is 0 Å². The Labute approximate surface area is 200 Å². The van der Waals surface area contributed by atoms with E-state index in [9.17, 15) is 14.4 Å². The second-order valence-electron chi connectivity index (χ2n) is 9.25. The van der Waals surface area contributed by atoms with Gasteiger partial charge in [-0.05, 0) is 32.1 Å². The van der Waals surface area contributed by atoms with Crippen LogP contribution in [0.15, 0.2) is 12.2 Å². The summed E-state index contributed by atoms with van der Waals surface area (Å²) in [6.45, 7) is 3.66. The van der Waals surface area contributed by atoms with Crippen molar-refractivity contribution < 1.29 is 34.2 Å². The number of carboxylic acid groups (broad SMARTS) is 3. The molecule has 0 amide bonds. The summed E-state index contributed by atoms with van der Waals surface area (Å²) in [6.07, 6.45) is 19.9. The molecule has 0 aliphatic rings. The molecule has 0 aromatic carbocycles. The molecule has 0 saturated heterocycles. The van der Waals surface area contributed by atoms with Crippen molar-refractivity contribution in [2.45, 2.75) is 110 Å².